The van der Waals surface area contributed by atoms with Crippen LogP contribution in [-0.2, 0) is 5.41 Å². The van der Waals surface area contributed by atoms with E-state index in [4.69, 9.17) is 25.9 Å². The number of urea groups is 1. The predicted octanol–water partition coefficient (Wildman–Crippen LogP) is 11.2. The van der Waals surface area contributed by atoms with E-state index in [1.54, 1.807) is 4.68 Å². The first-order valence-corrected chi connectivity index (χ1v) is 23.2. The summed E-state index contributed by atoms with van der Waals surface area (Å²) in [4.78, 5) is 16.2. The van der Waals surface area contributed by atoms with Gasteiger partial charge in [0, 0.05) is 24.6 Å². The molecule has 4 heterocycles. The van der Waals surface area contributed by atoms with E-state index in [1.165, 1.54) is 6.42 Å². The second kappa shape index (κ2) is 16.4. The molecule has 13 heteroatoms. The maximum atomic E-state index is 13.9. The van der Waals surface area contributed by atoms with E-state index in [2.05, 4.69) is 100 Å². The Morgan fingerprint density at radius 2 is 1.58 bits per heavy atom. The molecule has 0 saturated carbocycles. The number of carbonyl (C=O) groups excluding carboxylic acids is 1. The van der Waals surface area contributed by atoms with Crippen molar-refractivity contribution in [3.8, 4) is 17.2 Å². The van der Waals surface area contributed by atoms with Gasteiger partial charge in [-0.15, -0.1) is 10.2 Å². The van der Waals surface area contributed by atoms with Crippen LogP contribution in [0.4, 0.5) is 16.6 Å². The van der Waals surface area contributed by atoms with Gasteiger partial charge in [-0.1, -0.05) is 98.2 Å². The van der Waals surface area contributed by atoms with E-state index < -0.39 is 8.32 Å². The van der Waals surface area contributed by atoms with Gasteiger partial charge in [0.25, 0.3) is 8.32 Å². The van der Waals surface area contributed by atoms with Crippen molar-refractivity contribution >= 4 is 43.4 Å². The van der Waals surface area contributed by atoms with Gasteiger partial charge in [0.15, 0.2) is 5.65 Å². The number of halogens is 1. The van der Waals surface area contributed by atoms with Crippen LogP contribution in [0.15, 0.2) is 66.9 Å². The fourth-order valence-electron chi connectivity index (χ4n) is 9.02. The number of piperidine rings is 1. The zero-order valence-corrected chi connectivity index (χ0v) is 36.7. The molecule has 0 spiro atoms. The third-order valence-electron chi connectivity index (χ3n) is 11.9. The van der Waals surface area contributed by atoms with Crippen molar-refractivity contribution in [2.24, 2.45) is 0 Å². The molecule has 11 nitrogen and oxygen atoms in total. The summed E-state index contributed by atoms with van der Waals surface area (Å²) in [5.74, 6) is 2.87. The number of fused-ring (bicyclic) bond motifs is 2. The number of nitrogens with one attached hydrogen (secondary N) is 2. The summed E-state index contributed by atoms with van der Waals surface area (Å²) in [6.45, 7) is 21.9. The van der Waals surface area contributed by atoms with E-state index in [0.29, 0.717) is 39.6 Å². The Labute approximate surface area is 343 Å². The molecule has 0 radical (unpaired) electrons. The third kappa shape index (κ3) is 8.25. The fourth-order valence-corrected chi connectivity index (χ4v) is 14.6. The van der Waals surface area contributed by atoms with Crippen LogP contribution in [0.2, 0.25) is 21.6 Å². The van der Waals surface area contributed by atoms with Crippen LogP contribution in [0.5, 0.6) is 11.5 Å². The van der Waals surface area contributed by atoms with E-state index in [-0.39, 0.29) is 23.6 Å². The fraction of sp³-hybridized carbons (Fsp3) is 0.500. The van der Waals surface area contributed by atoms with Crippen LogP contribution in [-0.4, -0.2) is 51.8 Å². The number of hydrogen-bond donors (Lipinski definition) is 2. The van der Waals surface area contributed by atoms with Crippen molar-refractivity contribution in [1.82, 2.24) is 29.7 Å². The number of hydrogen-bond acceptors (Lipinski definition) is 7. The largest absolute Gasteiger partial charge is 0.542 e. The Bertz CT molecular complexity index is 2180. The van der Waals surface area contributed by atoms with Gasteiger partial charge in [0.05, 0.1) is 28.6 Å². The molecule has 2 amide bonds. The Balaban J connectivity index is 1.09. The summed E-state index contributed by atoms with van der Waals surface area (Å²) in [5.41, 5.74) is 5.45. The van der Waals surface area contributed by atoms with Crippen LogP contribution in [0, 0.1) is 0 Å². The van der Waals surface area contributed by atoms with Crippen LogP contribution < -0.4 is 24.7 Å². The lowest BCUT2D eigenvalue weighted by molar-refractivity contribution is 0.171. The number of carbonyl (C=O) groups is 1. The van der Waals surface area contributed by atoms with Crippen molar-refractivity contribution < 1.29 is 14.0 Å². The molecule has 304 valence electrons. The maximum Gasteiger partial charge on any atom is 0.320 e. The number of amides is 2. The summed E-state index contributed by atoms with van der Waals surface area (Å²) in [7, 11) is -2.22. The zero-order chi connectivity index (χ0) is 40.6. The van der Waals surface area contributed by atoms with Gasteiger partial charge in [-0.05, 0) is 90.2 Å². The number of anilines is 2. The van der Waals surface area contributed by atoms with Gasteiger partial charge in [-0.3, -0.25) is 9.72 Å². The molecule has 3 aromatic heterocycles. The molecule has 1 aliphatic heterocycles. The molecule has 1 saturated heterocycles. The minimum atomic E-state index is -2.22. The first-order chi connectivity index (χ1) is 27.1. The smallest absolute Gasteiger partial charge is 0.320 e. The normalized spacial score (nSPS) is 17.7. The predicted molar refractivity (Wildman–Crippen MR) is 232 cm³/mol. The second-order valence-corrected chi connectivity index (χ2v) is 23.5. The van der Waals surface area contributed by atoms with Crippen molar-refractivity contribution in [2.45, 2.75) is 129 Å². The maximum absolute atomic E-state index is 13.9. The summed E-state index contributed by atoms with van der Waals surface area (Å²) < 4.78 is 17.4. The standard InChI is InChI=1S/C44H59ClN8O3Si/c1-28(2)57(29(3)4,30(5)6)56-38-20-17-31(25-35(38)45)53-41(26-39(50-53)44(7,8)9)47-42(54)46-36-19-21-37(34-16-12-11-15-33(34)36)55-32-18-22-40-48-49-43(52(40)27-32)51-23-13-10-14-24-51/h11-12,15-18,20,22,25-30,36-37H,10,13-14,19,21,23-24H2,1-9H3,(H2,46,47,54)/t36-,37+/m0/s1. The molecule has 1 fully saturated rings. The zero-order valence-electron chi connectivity index (χ0n) is 35.0. The van der Waals surface area contributed by atoms with Gasteiger partial charge in [-0.2, -0.15) is 5.10 Å². The lowest BCUT2D eigenvalue weighted by Crippen LogP contribution is -2.50. The molecular weight excluding hydrogens is 752 g/mol. The summed E-state index contributed by atoms with van der Waals surface area (Å²) in [6, 6.07) is 19.4. The first-order valence-electron chi connectivity index (χ1n) is 20.7. The minimum absolute atomic E-state index is 0.170. The van der Waals surface area contributed by atoms with E-state index in [9.17, 15) is 4.79 Å². The van der Waals surface area contributed by atoms with Crippen molar-refractivity contribution in [3.63, 3.8) is 0 Å². The molecule has 0 bridgehead atoms. The number of rotatable bonds is 11. The van der Waals surface area contributed by atoms with Crippen molar-refractivity contribution in [3.05, 3.63) is 88.7 Å². The monoisotopic (exact) mass is 810 g/mol. The number of ether oxygens (including phenoxy) is 1. The molecule has 57 heavy (non-hydrogen) atoms. The topological polar surface area (TPSA) is 111 Å². The Hall–Kier alpha value is -4.55. The highest BCUT2D eigenvalue weighted by Crippen LogP contribution is 2.45. The molecule has 2 atom stereocenters. The molecule has 2 N–H and O–H groups in total. The van der Waals surface area contributed by atoms with Gasteiger partial charge < -0.3 is 19.4 Å². The lowest BCUT2D eigenvalue weighted by Gasteiger charge is -2.42. The number of benzene rings is 2. The Morgan fingerprint density at radius 3 is 2.25 bits per heavy atom. The van der Waals surface area contributed by atoms with Crippen LogP contribution >= 0.6 is 11.6 Å². The average molecular weight is 812 g/mol. The highest BCUT2D eigenvalue weighted by atomic mass is 35.5. The van der Waals surface area contributed by atoms with Gasteiger partial charge in [0.1, 0.15) is 23.4 Å². The summed E-state index contributed by atoms with van der Waals surface area (Å²) >= 11 is 6.99. The summed E-state index contributed by atoms with van der Waals surface area (Å²) in [5, 5.41) is 20.8. The van der Waals surface area contributed by atoms with Crippen molar-refractivity contribution in [1.29, 1.82) is 0 Å². The molecule has 7 rings (SSSR count). The average Bonchev–Trinajstić information content (AvgIpc) is 3.80. The van der Waals surface area contributed by atoms with Crippen LogP contribution in [0.3, 0.4) is 0 Å². The number of pyridine rings is 1. The van der Waals surface area contributed by atoms with Gasteiger partial charge in [-0.25, -0.2) is 9.48 Å². The molecule has 1 aliphatic carbocycles. The minimum Gasteiger partial charge on any atom is -0.542 e. The van der Waals surface area contributed by atoms with Crippen LogP contribution in [0.1, 0.15) is 123 Å². The summed E-state index contributed by atoms with van der Waals surface area (Å²) in [6.07, 6.45) is 6.84. The van der Waals surface area contributed by atoms with Gasteiger partial charge >= 0.3 is 6.03 Å². The first kappa shape index (κ1) is 40.6. The molecule has 5 aromatic rings. The quantitative estimate of drug-likeness (QED) is 0.128. The number of aromatic nitrogens is 5. The lowest BCUT2D eigenvalue weighted by atomic mass is 9.85. The highest BCUT2D eigenvalue weighted by molar-refractivity contribution is 6.78. The van der Waals surface area contributed by atoms with Gasteiger partial charge in [0.2, 0.25) is 5.95 Å². The van der Waals surface area contributed by atoms with E-state index in [0.717, 1.165) is 72.2 Å². The highest BCUT2D eigenvalue weighted by Gasteiger charge is 2.47. The Kier molecular flexibility index (Phi) is 11.7. The Morgan fingerprint density at radius 1 is 0.877 bits per heavy atom. The molecule has 0 unspecified atom stereocenters. The SMILES string of the molecule is CC(C)[Si](Oc1ccc(-n2nc(C(C)(C)C)cc2NC(=O)N[C@H]2CC[C@@H](Oc3ccc4nnc(N5CCCCC5)n4c3)c3ccccc32)cc1Cl)(C(C)C)C(C)C. The molecule has 2 aliphatic rings. The number of nitrogens with zero attached hydrogens (tertiary/aromatic N) is 6. The van der Waals surface area contributed by atoms with E-state index >= 15 is 0 Å². The molecule has 2 aromatic carbocycles. The molecular formula is C44H59ClN8O3Si. The van der Waals surface area contributed by atoms with Crippen molar-refractivity contribution in [2.75, 3.05) is 23.3 Å². The van der Waals surface area contributed by atoms with Crippen LogP contribution in [0.25, 0.3) is 11.3 Å². The third-order valence-corrected chi connectivity index (χ3v) is 18.2. The second-order valence-electron chi connectivity index (χ2n) is 17.7. The van der Waals surface area contributed by atoms with E-state index in [1.807, 2.05) is 59.1 Å².